The fraction of sp³-hybridized carbons (Fsp3) is 0.556. The maximum absolute atomic E-state index is 8.45. The second-order valence-corrected chi connectivity index (χ2v) is 3.58. The van der Waals surface area contributed by atoms with E-state index in [1.165, 1.54) is 0 Å². The van der Waals surface area contributed by atoms with Crippen molar-refractivity contribution in [3.8, 4) is 0 Å². The molecule has 0 saturated carbocycles. The maximum Gasteiger partial charge on any atom is 0.143 e. The minimum Gasteiger partial charge on any atom is -0.409 e. The number of oxime groups is 1. The third-order valence-corrected chi connectivity index (χ3v) is 2.16. The highest BCUT2D eigenvalue weighted by Gasteiger charge is 2.06. The molecule has 1 aromatic rings. The van der Waals surface area contributed by atoms with E-state index in [1.807, 2.05) is 20.2 Å². The van der Waals surface area contributed by atoms with Crippen LogP contribution in [0.3, 0.4) is 0 Å². The Labute approximate surface area is 88.8 Å². The molecule has 0 radical (unpaired) electrons. The van der Waals surface area contributed by atoms with Crippen LogP contribution in [0.4, 0.5) is 0 Å². The maximum atomic E-state index is 8.45. The van der Waals surface area contributed by atoms with E-state index in [-0.39, 0.29) is 11.8 Å². The van der Waals surface area contributed by atoms with Gasteiger partial charge in [-0.15, -0.1) is 0 Å². The molecule has 15 heavy (non-hydrogen) atoms. The smallest absolute Gasteiger partial charge is 0.143 e. The standard InChI is InChI=1S/C9H17N5O/c1-7(9(10)13-15)3-11-4-8-5-12-14(2)6-8/h5-7,11,15H,3-4H2,1-2H3,(H2,10,13). The number of amidine groups is 1. The van der Waals surface area contributed by atoms with Crippen LogP contribution in [0.25, 0.3) is 0 Å². The van der Waals surface area contributed by atoms with Crippen molar-refractivity contribution in [3.05, 3.63) is 18.0 Å². The first-order chi connectivity index (χ1) is 7.13. The summed E-state index contributed by atoms with van der Waals surface area (Å²) in [6, 6.07) is 0. The van der Waals surface area contributed by atoms with Gasteiger partial charge in [-0.3, -0.25) is 4.68 Å². The van der Waals surface area contributed by atoms with Gasteiger partial charge in [-0.25, -0.2) is 0 Å². The largest absolute Gasteiger partial charge is 0.409 e. The van der Waals surface area contributed by atoms with E-state index < -0.39 is 0 Å². The highest BCUT2D eigenvalue weighted by atomic mass is 16.4. The average Bonchev–Trinajstić information content (AvgIpc) is 2.63. The van der Waals surface area contributed by atoms with Crippen LogP contribution in [-0.4, -0.2) is 27.4 Å². The molecule has 6 heteroatoms. The molecule has 1 rings (SSSR count). The lowest BCUT2D eigenvalue weighted by atomic mass is 10.1. The first-order valence-electron chi connectivity index (χ1n) is 4.79. The number of nitrogens with zero attached hydrogens (tertiary/aromatic N) is 3. The van der Waals surface area contributed by atoms with Crippen LogP contribution in [0.2, 0.25) is 0 Å². The Morgan fingerprint density at radius 3 is 3.07 bits per heavy atom. The summed E-state index contributed by atoms with van der Waals surface area (Å²) < 4.78 is 1.75. The molecule has 0 bridgehead atoms. The Hall–Kier alpha value is -1.56. The second-order valence-electron chi connectivity index (χ2n) is 3.58. The van der Waals surface area contributed by atoms with Gasteiger partial charge in [0.05, 0.1) is 6.20 Å². The monoisotopic (exact) mass is 211 g/mol. The van der Waals surface area contributed by atoms with Crippen LogP contribution in [0.15, 0.2) is 17.5 Å². The van der Waals surface area contributed by atoms with Crippen LogP contribution in [0, 0.1) is 5.92 Å². The van der Waals surface area contributed by atoms with Gasteiger partial charge in [0.15, 0.2) is 0 Å². The fourth-order valence-electron chi connectivity index (χ4n) is 1.20. The number of nitrogens with two attached hydrogens (primary N) is 1. The number of aryl methyl sites for hydroxylation is 1. The Balaban J connectivity index is 2.27. The van der Waals surface area contributed by atoms with Gasteiger partial charge in [0.25, 0.3) is 0 Å². The van der Waals surface area contributed by atoms with Crippen molar-refractivity contribution in [2.24, 2.45) is 23.9 Å². The third-order valence-electron chi connectivity index (χ3n) is 2.16. The van der Waals surface area contributed by atoms with Crippen molar-refractivity contribution in [1.29, 1.82) is 0 Å². The lowest BCUT2D eigenvalue weighted by Crippen LogP contribution is -2.30. The van der Waals surface area contributed by atoms with Gasteiger partial charge in [0, 0.05) is 37.8 Å². The summed E-state index contributed by atoms with van der Waals surface area (Å²) in [6.45, 7) is 3.30. The molecule has 0 amide bonds. The zero-order chi connectivity index (χ0) is 11.3. The summed E-state index contributed by atoms with van der Waals surface area (Å²) in [4.78, 5) is 0. The molecular formula is C9H17N5O. The molecule has 0 aliphatic heterocycles. The van der Waals surface area contributed by atoms with Crippen molar-refractivity contribution >= 4 is 5.84 Å². The highest BCUT2D eigenvalue weighted by molar-refractivity contribution is 5.82. The Morgan fingerprint density at radius 1 is 1.80 bits per heavy atom. The van der Waals surface area contributed by atoms with E-state index >= 15 is 0 Å². The predicted molar refractivity (Wildman–Crippen MR) is 57.5 cm³/mol. The Kier molecular flexibility index (Phi) is 4.11. The van der Waals surface area contributed by atoms with Gasteiger partial charge < -0.3 is 16.3 Å². The summed E-state index contributed by atoms with van der Waals surface area (Å²) in [7, 11) is 1.88. The number of hydrogen-bond acceptors (Lipinski definition) is 4. The molecule has 1 aromatic heterocycles. The zero-order valence-corrected chi connectivity index (χ0v) is 9.01. The normalized spacial score (nSPS) is 14.1. The highest BCUT2D eigenvalue weighted by Crippen LogP contribution is 1.97. The zero-order valence-electron chi connectivity index (χ0n) is 9.01. The van der Waals surface area contributed by atoms with Crippen LogP contribution in [0.1, 0.15) is 12.5 Å². The summed E-state index contributed by atoms with van der Waals surface area (Å²) in [6.07, 6.45) is 3.75. The topological polar surface area (TPSA) is 88.5 Å². The second kappa shape index (κ2) is 5.35. The molecule has 1 heterocycles. The van der Waals surface area contributed by atoms with Crippen molar-refractivity contribution in [3.63, 3.8) is 0 Å². The summed E-state index contributed by atoms with van der Waals surface area (Å²) in [5, 5.41) is 18.7. The van der Waals surface area contributed by atoms with Gasteiger partial charge in [-0.1, -0.05) is 12.1 Å². The molecule has 6 nitrogen and oxygen atoms in total. The molecule has 0 fully saturated rings. The lowest BCUT2D eigenvalue weighted by molar-refractivity contribution is 0.314. The van der Waals surface area contributed by atoms with Crippen molar-refractivity contribution in [2.45, 2.75) is 13.5 Å². The average molecular weight is 211 g/mol. The van der Waals surface area contributed by atoms with Crippen LogP contribution in [0.5, 0.6) is 0 Å². The molecule has 4 N–H and O–H groups in total. The quantitative estimate of drug-likeness (QED) is 0.274. The van der Waals surface area contributed by atoms with Crippen LogP contribution >= 0.6 is 0 Å². The molecule has 0 aromatic carbocycles. The predicted octanol–water partition coefficient (Wildman–Crippen LogP) is -0.108. The van der Waals surface area contributed by atoms with E-state index in [2.05, 4.69) is 15.6 Å². The van der Waals surface area contributed by atoms with E-state index in [0.717, 1.165) is 12.1 Å². The van der Waals surface area contributed by atoms with Gasteiger partial charge in [-0.05, 0) is 0 Å². The summed E-state index contributed by atoms with van der Waals surface area (Å²) >= 11 is 0. The van der Waals surface area contributed by atoms with Gasteiger partial charge >= 0.3 is 0 Å². The van der Waals surface area contributed by atoms with E-state index in [1.54, 1.807) is 10.9 Å². The minimum absolute atomic E-state index is 0.0201. The SMILES string of the molecule is CC(CNCc1cnn(C)c1)C(N)=NO. The van der Waals surface area contributed by atoms with Gasteiger partial charge in [0.2, 0.25) is 0 Å². The minimum atomic E-state index is 0.0201. The van der Waals surface area contributed by atoms with Crippen LogP contribution < -0.4 is 11.1 Å². The Morgan fingerprint density at radius 2 is 2.53 bits per heavy atom. The van der Waals surface area contributed by atoms with Crippen molar-refractivity contribution in [2.75, 3.05) is 6.54 Å². The van der Waals surface area contributed by atoms with Gasteiger partial charge in [-0.2, -0.15) is 5.10 Å². The number of aromatic nitrogens is 2. The molecule has 84 valence electrons. The van der Waals surface area contributed by atoms with Crippen molar-refractivity contribution < 1.29 is 5.21 Å². The molecular weight excluding hydrogens is 194 g/mol. The molecule has 0 aliphatic rings. The Bertz CT molecular complexity index is 333. The summed E-state index contributed by atoms with van der Waals surface area (Å²) in [5.41, 5.74) is 6.56. The molecule has 0 spiro atoms. The fourth-order valence-corrected chi connectivity index (χ4v) is 1.20. The molecule has 0 aliphatic carbocycles. The molecule has 1 atom stereocenters. The van der Waals surface area contributed by atoms with Crippen molar-refractivity contribution in [1.82, 2.24) is 15.1 Å². The number of hydrogen-bond donors (Lipinski definition) is 3. The first-order valence-corrected chi connectivity index (χ1v) is 4.79. The van der Waals surface area contributed by atoms with Gasteiger partial charge in [0.1, 0.15) is 5.84 Å². The van der Waals surface area contributed by atoms with E-state index in [4.69, 9.17) is 10.9 Å². The molecule has 0 saturated heterocycles. The number of rotatable bonds is 5. The molecule has 1 unspecified atom stereocenters. The number of nitrogens with one attached hydrogen (secondary N) is 1. The van der Waals surface area contributed by atoms with Crippen LogP contribution in [-0.2, 0) is 13.6 Å². The first kappa shape index (κ1) is 11.5. The lowest BCUT2D eigenvalue weighted by Gasteiger charge is -2.09. The third kappa shape index (κ3) is 3.59. The summed E-state index contributed by atoms with van der Waals surface area (Å²) in [5.74, 6) is 0.264. The van der Waals surface area contributed by atoms with E-state index in [9.17, 15) is 0 Å². The van der Waals surface area contributed by atoms with E-state index in [0.29, 0.717) is 6.54 Å².